The van der Waals surface area contributed by atoms with E-state index in [9.17, 15) is 24.3 Å². The minimum atomic E-state index is -0.944. The maximum Gasteiger partial charge on any atom is 0.246 e. The van der Waals surface area contributed by atoms with Crippen LogP contribution < -0.4 is 15.4 Å². The van der Waals surface area contributed by atoms with Crippen molar-refractivity contribution in [1.29, 1.82) is 0 Å². The maximum absolute atomic E-state index is 14.2. The molecule has 4 amide bonds. The van der Waals surface area contributed by atoms with Crippen LogP contribution in [-0.4, -0.2) is 88.5 Å². The molecule has 5 aromatic rings. The summed E-state index contributed by atoms with van der Waals surface area (Å²) in [5.41, 5.74) is 9.92. The number of likely N-dealkylation sites (N-methyl/N-ethyl adjacent to an activating group) is 1. The number of allylic oxidation sites excluding steroid dienone is 1. The third-order valence-electron chi connectivity index (χ3n) is 12.6. The Morgan fingerprint density at radius 3 is 2.08 bits per heavy atom. The second kappa shape index (κ2) is 20.8. The van der Waals surface area contributed by atoms with E-state index < -0.39 is 35.4 Å². The van der Waals surface area contributed by atoms with Crippen molar-refractivity contribution in [2.45, 2.75) is 85.0 Å². The summed E-state index contributed by atoms with van der Waals surface area (Å²) in [6.45, 7) is 10.7. The Labute approximate surface area is 386 Å². The zero-order chi connectivity index (χ0) is 46.3. The van der Waals surface area contributed by atoms with Crippen LogP contribution in [-0.2, 0) is 25.7 Å². The molecule has 3 N–H and O–H groups in total. The van der Waals surface area contributed by atoms with Crippen molar-refractivity contribution in [3.8, 4) is 16.2 Å². The highest BCUT2D eigenvalue weighted by molar-refractivity contribution is 7.13. The average molecular weight is 896 g/mol. The lowest BCUT2D eigenvalue weighted by atomic mass is 9.73. The topological polar surface area (TPSA) is 141 Å². The van der Waals surface area contributed by atoms with Gasteiger partial charge < -0.3 is 30.3 Å². The fraction of sp³-hybridized carbons (Fsp3) is 0.377. The van der Waals surface area contributed by atoms with Gasteiger partial charge >= 0.3 is 0 Å². The molecule has 0 bridgehead atoms. The first-order valence-electron chi connectivity index (χ1n) is 22.6. The second-order valence-electron chi connectivity index (χ2n) is 18.3. The smallest absolute Gasteiger partial charge is 0.246 e. The summed E-state index contributed by atoms with van der Waals surface area (Å²) in [7, 11) is 1.75. The molecule has 2 aliphatic rings. The standard InChI is InChI=1S/C53H61N5O6S/c1-7-44(36-14-10-8-11-15-36)46(37-16-12-9-13-17-37)38-22-24-43(25-23-38)64-27-26-57(6)51(62)41-28-40(29-41)49(60)56-48(53(3,4)5)52(63)58-32-42(59)30-45(58)50(61)54-31-35-18-20-39(21-19-35)47-34(2)55-33-65-47/h8-25,33,40-42,45,48,59H,7,26-32H2,1-6H3,(H,54,61)(H,56,60)/b46-44-/t40?,41?,42-,45+,48-/m1/s1. The molecule has 1 aliphatic carbocycles. The molecule has 0 radical (unpaired) electrons. The van der Waals surface area contributed by atoms with Crippen LogP contribution in [0.25, 0.3) is 21.6 Å². The van der Waals surface area contributed by atoms with E-state index in [1.165, 1.54) is 21.6 Å². The van der Waals surface area contributed by atoms with Crippen LogP contribution in [0.5, 0.6) is 5.75 Å². The summed E-state index contributed by atoms with van der Waals surface area (Å²) >= 11 is 1.58. The number of likely N-dealkylation sites (tertiary alicyclic amines) is 1. The van der Waals surface area contributed by atoms with Crippen molar-refractivity contribution in [2.75, 3.05) is 26.7 Å². The second-order valence-corrected chi connectivity index (χ2v) is 19.2. The number of rotatable bonds is 16. The van der Waals surface area contributed by atoms with Gasteiger partial charge in [0.05, 0.1) is 28.7 Å². The summed E-state index contributed by atoms with van der Waals surface area (Å²) < 4.78 is 6.10. The molecule has 340 valence electrons. The van der Waals surface area contributed by atoms with E-state index in [0.29, 0.717) is 31.7 Å². The Hall–Kier alpha value is -6.11. The van der Waals surface area contributed by atoms with Gasteiger partial charge in [-0.25, -0.2) is 4.98 Å². The van der Waals surface area contributed by atoms with Gasteiger partial charge in [-0.3, -0.25) is 19.2 Å². The molecule has 1 aliphatic heterocycles. The van der Waals surface area contributed by atoms with Gasteiger partial charge in [0.1, 0.15) is 24.4 Å². The number of benzene rings is 4. The summed E-state index contributed by atoms with van der Waals surface area (Å²) in [5, 5.41) is 16.6. The molecule has 12 heteroatoms. The number of ether oxygens (including phenoxy) is 1. The van der Waals surface area contributed by atoms with Crippen LogP contribution in [0.1, 0.15) is 81.3 Å². The quantitative estimate of drug-likeness (QED) is 0.0850. The van der Waals surface area contributed by atoms with Gasteiger partial charge in [0, 0.05) is 38.4 Å². The number of aliphatic hydroxyl groups excluding tert-OH is 1. The zero-order valence-electron chi connectivity index (χ0n) is 38.3. The fourth-order valence-corrected chi connectivity index (χ4v) is 9.61. The van der Waals surface area contributed by atoms with E-state index in [0.717, 1.165) is 39.2 Å². The third kappa shape index (κ3) is 11.2. The van der Waals surface area contributed by atoms with Crippen LogP contribution in [0.4, 0.5) is 0 Å². The SMILES string of the molecule is CC/C(=C(\c1ccccc1)c1ccc(OCCN(C)C(=O)C2CC(C(=O)N[C@H](C(=O)N3C[C@H](O)C[C@H]3C(=O)NCc3ccc(-c4scnc4C)cc3)C(C)(C)C)C2)cc1)c1ccccc1. The molecule has 11 nitrogen and oxygen atoms in total. The predicted molar refractivity (Wildman–Crippen MR) is 257 cm³/mol. The number of nitrogens with zero attached hydrogens (tertiary/aromatic N) is 3. The van der Waals surface area contributed by atoms with Crippen molar-refractivity contribution in [3.63, 3.8) is 0 Å². The molecule has 0 spiro atoms. The molecule has 1 saturated carbocycles. The van der Waals surface area contributed by atoms with E-state index >= 15 is 0 Å². The highest BCUT2D eigenvalue weighted by Gasteiger charge is 2.46. The zero-order valence-corrected chi connectivity index (χ0v) is 39.1. The lowest BCUT2D eigenvalue weighted by Gasteiger charge is -2.39. The number of aryl methyl sites for hydroxylation is 1. The largest absolute Gasteiger partial charge is 0.492 e. The molecule has 1 aromatic heterocycles. The Morgan fingerprint density at radius 2 is 1.48 bits per heavy atom. The number of amides is 4. The van der Waals surface area contributed by atoms with Crippen LogP contribution in [0, 0.1) is 24.2 Å². The molecular formula is C53H61N5O6S. The van der Waals surface area contributed by atoms with Gasteiger partial charge in [0.25, 0.3) is 0 Å². The first kappa shape index (κ1) is 46.9. The van der Waals surface area contributed by atoms with Gasteiger partial charge in [-0.1, -0.05) is 125 Å². The molecule has 1 saturated heterocycles. The van der Waals surface area contributed by atoms with E-state index in [1.807, 2.05) is 81.7 Å². The number of thiazole rings is 1. The van der Waals surface area contributed by atoms with Crippen LogP contribution >= 0.6 is 11.3 Å². The lowest BCUT2D eigenvalue weighted by molar-refractivity contribution is -0.147. The van der Waals surface area contributed by atoms with Crippen molar-refractivity contribution < 1.29 is 29.0 Å². The number of aromatic nitrogens is 1. The molecule has 0 unspecified atom stereocenters. The summed E-state index contributed by atoms with van der Waals surface area (Å²) in [4.78, 5) is 63.2. The Kier molecular flexibility index (Phi) is 15.0. The molecule has 65 heavy (non-hydrogen) atoms. The summed E-state index contributed by atoms with van der Waals surface area (Å²) in [5.74, 6) is -1.15. The minimum absolute atomic E-state index is 0.00921. The van der Waals surface area contributed by atoms with Crippen LogP contribution in [0.15, 0.2) is 115 Å². The van der Waals surface area contributed by atoms with Crippen molar-refractivity contribution in [3.05, 3.63) is 143 Å². The van der Waals surface area contributed by atoms with Crippen molar-refractivity contribution >= 4 is 46.1 Å². The number of carbonyl (C=O) groups excluding carboxylic acids is 4. The number of β-amino-alcohol motifs (C(OH)–C–C–N with tert-alkyl or cyclic N) is 1. The Bertz CT molecular complexity index is 2460. The number of nitrogens with one attached hydrogen (secondary N) is 2. The van der Waals surface area contributed by atoms with E-state index in [4.69, 9.17) is 4.74 Å². The van der Waals surface area contributed by atoms with Gasteiger partial charge in [-0.15, -0.1) is 11.3 Å². The van der Waals surface area contributed by atoms with E-state index in [1.54, 1.807) is 23.3 Å². The Balaban J connectivity index is 0.890. The van der Waals surface area contributed by atoms with Gasteiger partial charge in [-0.05, 0) is 82.7 Å². The van der Waals surface area contributed by atoms with Crippen molar-refractivity contribution in [2.24, 2.45) is 17.3 Å². The third-order valence-corrected chi connectivity index (χ3v) is 13.6. The summed E-state index contributed by atoms with van der Waals surface area (Å²) in [6.07, 6.45) is 0.853. The lowest BCUT2D eigenvalue weighted by Crippen LogP contribution is -2.59. The first-order chi connectivity index (χ1) is 31.2. The van der Waals surface area contributed by atoms with Gasteiger partial charge in [0.15, 0.2) is 0 Å². The number of hydrogen-bond donors (Lipinski definition) is 3. The predicted octanol–water partition coefficient (Wildman–Crippen LogP) is 8.16. The average Bonchev–Trinajstić information content (AvgIpc) is 3.91. The monoisotopic (exact) mass is 895 g/mol. The van der Waals surface area contributed by atoms with Crippen LogP contribution in [0.3, 0.4) is 0 Å². The van der Waals surface area contributed by atoms with Crippen LogP contribution in [0.2, 0.25) is 0 Å². The van der Waals surface area contributed by atoms with Gasteiger partial charge in [-0.2, -0.15) is 0 Å². The molecule has 2 fully saturated rings. The molecule has 7 rings (SSSR count). The highest BCUT2D eigenvalue weighted by Crippen LogP contribution is 2.37. The highest BCUT2D eigenvalue weighted by atomic mass is 32.1. The summed E-state index contributed by atoms with van der Waals surface area (Å²) in [6, 6.07) is 35.1. The van der Waals surface area contributed by atoms with E-state index in [2.05, 4.69) is 83.2 Å². The fourth-order valence-electron chi connectivity index (χ4n) is 8.80. The first-order valence-corrected chi connectivity index (χ1v) is 23.5. The number of aliphatic hydroxyl groups is 1. The Morgan fingerprint density at radius 1 is 0.846 bits per heavy atom. The maximum atomic E-state index is 14.2. The number of hydrogen-bond acceptors (Lipinski definition) is 8. The minimum Gasteiger partial charge on any atom is -0.492 e. The van der Waals surface area contributed by atoms with E-state index in [-0.39, 0.29) is 43.1 Å². The molecule has 2 heterocycles. The van der Waals surface area contributed by atoms with Gasteiger partial charge in [0.2, 0.25) is 23.6 Å². The molecule has 4 aromatic carbocycles. The normalized spacial score (nSPS) is 19.1. The molecule has 3 atom stereocenters. The van der Waals surface area contributed by atoms with Crippen molar-refractivity contribution in [1.82, 2.24) is 25.4 Å². The molecular weight excluding hydrogens is 835 g/mol. The number of carbonyl (C=O) groups is 4.